The molecule has 2 heterocycles. The maximum absolute atomic E-state index is 12.8. The molecule has 10 nitrogen and oxygen atoms in total. The third-order valence-electron chi connectivity index (χ3n) is 4.74. The lowest BCUT2D eigenvalue weighted by atomic mass is 10.1. The average molecular weight is 410 g/mol. The Bertz CT molecular complexity index is 962. The first-order valence-corrected chi connectivity index (χ1v) is 10.1. The molecule has 1 aromatic heterocycles. The molecule has 0 spiro atoms. The van der Waals surface area contributed by atoms with Crippen molar-refractivity contribution in [2.75, 3.05) is 38.3 Å². The molecule has 152 valence electrons. The van der Waals surface area contributed by atoms with Crippen molar-refractivity contribution in [1.29, 1.82) is 0 Å². The van der Waals surface area contributed by atoms with Crippen molar-refractivity contribution in [3.05, 3.63) is 45.3 Å². The van der Waals surface area contributed by atoms with Crippen LogP contribution in [0, 0.1) is 24.0 Å². The number of ether oxygens (including phenoxy) is 1. The highest BCUT2D eigenvalue weighted by Gasteiger charge is 2.29. The summed E-state index contributed by atoms with van der Waals surface area (Å²) < 4.78 is 37.2. The van der Waals surface area contributed by atoms with Crippen molar-refractivity contribution in [2.24, 2.45) is 0 Å². The molecule has 0 aliphatic carbocycles. The maximum atomic E-state index is 12.8. The Balaban J connectivity index is 1.94. The zero-order chi connectivity index (χ0) is 20.5. The second-order valence-corrected chi connectivity index (χ2v) is 8.52. The van der Waals surface area contributed by atoms with Gasteiger partial charge in [-0.3, -0.25) is 10.1 Å². The number of morpholine rings is 1. The van der Waals surface area contributed by atoms with Crippen LogP contribution in [-0.2, 0) is 21.3 Å². The molecule has 3 rings (SSSR count). The fourth-order valence-corrected chi connectivity index (χ4v) is 4.55. The van der Waals surface area contributed by atoms with Crippen molar-refractivity contribution in [3.8, 4) is 0 Å². The molecule has 0 amide bonds. The standard InChI is InChI=1S/C17H22N4O6S/c1-12-15(13(2)27-18-12)11-19(3)16-5-4-14(10-17(16)21(22)23)28(24,25)20-6-8-26-9-7-20/h4-5,10H,6-9,11H2,1-3H3. The first kappa shape index (κ1) is 20.2. The summed E-state index contributed by atoms with van der Waals surface area (Å²) in [6, 6.07) is 3.98. The van der Waals surface area contributed by atoms with Gasteiger partial charge in [-0.1, -0.05) is 5.16 Å². The summed E-state index contributed by atoms with van der Waals surface area (Å²) in [6.45, 7) is 4.98. The van der Waals surface area contributed by atoms with Crippen LogP contribution in [0.2, 0.25) is 0 Å². The van der Waals surface area contributed by atoms with Crippen LogP contribution in [0.15, 0.2) is 27.6 Å². The Morgan fingerprint density at radius 3 is 2.54 bits per heavy atom. The van der Waals surface area contributed by atoms with Gasteiger partial charge in [0.05, 0.1) is 28.7 Å². The summed E-state index contributed by atoms with van der Waals surface area (Å²) in [5.41, 5.74) is 1.58. The summed E-state index contributed by atoms with van der Waals surface area (Å²) in [4.78, 5) is 12.6. The molecule has 0 saturated carbocycles. The molecule has 1 fully saturated rings. The minimum absolute atomic E-state index is 0.101. The van der Waals surface area contributed by atoms with Crippen LogP contribution >= 0.6 is 0 Å². The summed E-state index contributed by atoms with van der Waals surface area (Å²) >= 11 is 0. The monoisotopic (exact) mass is 410 g/mol. The highest BCUT2D eigenvalue weighted by Crippen LogP contribution is 2.32. The van der Waals surface area contributed by atoms with Crippen LogP contribution < -0.4 is 4.90 Å². The van der Waals surface area contributed by atoms with Crippen molar-refractivity contribution < 1.29 is 22.6 Å². The van der Waals surface area contributed by atoms with Crippen molar-refractivity contribution >= 4 is 21.4 Å². The number of rotatable bonds is 6. The minimum atomic E-state index is -3.82. The largest absolute Gasteiger partial charge is 0.379 e. The van der Waals surface area contributed by atoms with Gasteiger partial charge < -0.3 is 14.2 Å². The number of benzene rings is 1. The lowest BCUT2D eigenvalue weighted by Crippen LogP contribution is -2.40. The van der Waals surface area contributed by atoms with Gasteiger partial charge in [0.2, 0.25) is 10.0 Å². The van der Waals surface area contributed by atoms with Gasteiger partial charge in [0, 0.05) is 38.3 Å². The van der Waals surface area contributed by atoms with Crippen LogP contribution in [-0.4, -0.2) is 56.2 Å². The zero-order valence-corrected chi connectivity index (χ0v) is 16.7. The summed E-state index contributed by atoms with van der Waals surface area (Å²) in [7, 11) is -2.12. The third kappa shape index (κ3) is 3.86. The maximum Gasteiger partial charge on any atom is 0.293 e. The molecule has 0 unspecified atom stereocenters. The Morgan fingerprint density at radius 2 is 1.96 bits per heavy atom. The van der Waals surface area contributed by atoms with Crippen molar-refractivity contribution in [3.63, 3.8) is 0 Å². The van der Waals surface area contributed by atoms with Crippen molar-refractivity contribution in [1.82, 2.24) is 9.46 Å². The summed E-state index contributed by atoms with van der Waals surface area (Å²) in [6.07, 6.45) is 0. The fraction of sp³-hybridized carbons (Fsp3) is 0.471. The van der Waals surface area contributed by atoms with E-state index in [2.05, 4.69) is 5.16 Å². The van der Waals surface area contributed by atoms with E-state index in [1.165, 1.54) is 16.4 Å². The number of anilines is 1. The predicted octanol–water partition coefficient (Wildman–Crippen LogP) is 1.86. The van der Waals surface area contributed by atoms with Crippen LogP contribution in [0.5, 0.6) is 0 Å². The fourth-order valence-electron chi connectivity index (χ4n) is 3.12. The molecule has 2 aromatic rings. The molecular formula is C17H22N4O6S. The number of hydrogen-bond acceptors (Lipinski definition) is 8. The van der Waals surface area contributed by atoms with E-state index in [1.54, 1.807) is 25.8 Å². The Kier molecular flexibility index (Phi) is 5.68. The Hall–Kier alpha value is -2.50. The number of aromatic nitrogens is 1. The van der Waals surface area contributed by atoms with E-state index < -0.39 is 14.9 Å². The molecule has 0 atom stereocenters. The second kappa shape index (κ2) is 7.86. The van der Waals surface area contributed by atoms with Gasteiger partial charge in [-0.15, -0.1) is 0 Å². The number of nitro benzene ring substituents is 1. The topological polar surface area (TPSA) is 119 Å². The van der Waals surface area contributed by atoms with Crippen molar-refractivity contribution in [2.45, 2.75) is 25.3 Å². The van der Waals surface area contributed by atoms with Gasteiger partial charge in [0.25, 0.3) is 5.69 Å². The van der Waals surface area contributed by atoms with Crippen LogP contribution in [0.3, 0.4) is 0 Å². The number of nitrogens with zero attached hydrogens (tertiary/aromatic N) is 4. The SMILES string of the molecule is Cc1noc(C)c1CN(C)c1ccc(S(=O)(=O)N2CCOCC2)cc1[N+](=O)[O-]. The third-order valence-corrected chi connectivity index (χ3v) is 6.63. The van der Waals surface area contributed by atoms with E-state index in [4.69, 9.17) is 9.26 Å². The molecule has 1 saturated heterocycles. The number of aryl methyl sites for hydroxylation is 2. The van der Waals surface area contributed by atoms with Gasteiger partial charge in [0.15, 0.2) is 0 Å². The van der Waals surface area contributed by atoms with Gasteiger partial charge in [-0.05, 0) is 26.0 Å². The molecule has 0 radical (unpaired) electrons. The molecule has 0 bridgehead atoms. The highest BCUT2D eigenvalue weighted by atomic mass is 32.2. The van der Waals surface area contributed by atoms with Crippen LogP contribution in [0.25, 0.3) is 0 Å². The zero-order valence-electron chi connectivity index (χ0n) is 15.9. The quantitative estimate of drug-likeness (QED) is 0.523. The van der Waals surface area contributed by atoms with E-state index >= 15 is 0 Å². The molecule has 1 aliphatic rings. The number of nitro groups is 1. The van der Waals surface area contributed by atoms with E-state index in [9.17, 15) is 18.5 Å². The van der Waals surface area contributed by atoms with Crippen LogP contribution in [0.4, 0.5) is 11.4 Å². The molecule has 1 aliphatic heterocycles. The first-order valence-electron chi connectivity index (χ1n) is 8.71. The van der Waals surface area contributed by atoms with E-state index in [1.807, 2.05) is 0 Å². The Labute approximate surface area is 162 Å². The smallest absolute Gasteiger partial charge is 0.293 e. The molecule has 11 heteroatoms. The normalized spacial score (nSPS) is 15.5. The van der Waals surface area contributed by atoms with E-state index in [-0.39, 0.29) is 23.7 Å². The first-order chi connectivity index (χ1) is 13.2. The van der Waals surface area contributed by atoms with Gasteiger partial charge in [-0.2, -0.15) is 4.31 Å². The Morgan fingerprint density at radius 1 is 1.29 bits per heavy atom. The van der Waals surface area contributed by atoms with Gasteiger partial charge >= 0.3 is 0 Å². The number of sulfonamides is 1. The highest BCUT2D eigenvalue weighted by molar-refractivity contribution is 7.89. The minimum Gasteiger partial charge on any atom is -0.379 e. The van der Waals surface area contributed by atoms with Gasteiger partial charge in [-0.25, -0.2) is 8.42 Å². The van der Waals surface area contributed by atoms with E-state index in [0.717, 1.165) is 11.6 Å². The van der Waals surface area contributed by atoms with Crippen LogP contribution in [0.1, 0.15) is 17.0 Å². The molecule has 28 heavy (non-hydrogen) atoms. The van der Waals surface area contributed by atoms with E-state index in [0.29, 0.717) is 36.9 Å². The predicted molar refractivity (Wildman–Crippen MR) is 101 cm³/mol. The van der Waals surface area contributed by atoms with Gasteiger partial charge in [0.1, 0.15) is 11.4 Å². The number of hydrogen-bond donors (Lipinski definition) is 0. The lowest BCUT2D eigenvalue weighted by molar-refractivity contribution is -0.384. The lowest BCUT2D eigenvalue weighted by Gasteiger charge is -2.26. The molecule has 1 aromatic carbocycles. The summed E-state index contributed by atoms with van der Waals surface area (Å²) in [5, 5.41) is 15.5. The molecular weight excluding hydrogens is 388 g/mol. The molecule has 0 N–H and O–H groups in total. The second-order valence-electron chi connectivity index (χ2n) is 6.58. The average Bonchev–Trinajstić information content (AvgIpc) is 3.00. The summed E-state index contributed by atoms with van der Waals surface area (Å²) in [5.74, 6) is 0.638.